The Morgan fingerprint density at radius 3 is 2.71 bits per heavy atom. The molecule has 3 nitrogen and oxygen atoms in total. The minimum Gasteiger partial charge on any atom is -0.507 e. The van der Waals surface area contributed by atoms with Crippen LogP contribution in [0.5, 0.6) is 5.75 Å². The van der Waals surface area contributed by atoms with Crippen LogP contribution in [0.3, 0.4) is 0 Å². The molecule has 0 aliphatic rings. The van der Waals surface area contributed by atoms with Crippen molar-refractivity contribution in [3.8, 4) is 5.75 Å². The Kier molecular flexibility index (Phi) is 3.55. The zero-order chi connectivity index (χ0) is 15.0. The molecule has 0 saturated heterocycles. The maximum atomic E-state index is 12.8. The number of carbonyl (C=O) groups is 1. The number of benzene rings is 2. The van der Waals surface area contributed by atoms with Gasteiger partial charge in [-0.15, -0.1) is 0 Å². The fourth-order valence-electron chi connectivity index (χ4n) is 2.39. The third-order valence-electron chi connectivity index (χ3n) is 3.42. The molecule has 0 amide bonds. The second kappa shape index (κ2) is 5.37. The summed E-state index contributed by atoms with van der Waals surface area (Å²) in [6, 6.07) is 12.3. The first-order chi connectivity index (χ1) is 10.1. The van der Waals surface area contributed by atoms with Gasteiger partial charge >= 0.3 is 0 Å². The van der Waals surface area contributed by atoms with Crippen molar-refractivity contribution in [2.45, 2.75) is 13.3 Å². The number of hydrogen-bond acceptors (Lipinski definition) is 3. The first-order valence-electron chi connectivity index (χ1n) is 6.65. The average Bonchev–Trinajstić information content (AvgIpc) is 2.87. The molecule has 0 spiro atoms. The largest absolute Gasteiger partial charge is 0.507 e. The Bertz CT molecular complexity index is 833. The van der Waals surface area contributed by atoms with E-state index in [1.165, 1.54) is 6.07 Å². The number of carbonyl (C=O) groups excluding carboxylic acids is 1. The van der Waals surface area contributed by atoms with Crippen molar-refractivity contribution >= 4 is 32.7 Å². The molecule has 0 radical (unpaired) electrons. The number of para-hydroxylation sites is 1. The molecule has 2 aromatic carbocycles. The molecule has 21 heavy (non-hydrogen) atoms. The summed E-state index contributed by atoms with van der Waals surface area (Å²) >= 11 is 3.22. The predicted molar refractivity (Wildman–Crippen MR) is 84.8 cm³/mol. The quantitative estimate of drug-likeness (QED) is 0.701. The summed E-state index contributed by atoms with van der Waals surface area (Å²) in [5.74, 6) is 0.579. The third kappa shape index (κ3) is 2.36. The van der Waals surface area contributed by atoms with Gasteiger partial charge < -0.3 is 9.52 Å². The molecule has 1 heterocycles. The second-order valence-corrected chi connectivity index (χ2v) is 5.60. The van der Waals surface area contributed by atoms with Crippen LogP contribution < -0.4 is 0 Å². The fourth-order valence-corrected chi connectivity index (χ4v) is 2.64. The van der Waals surface area contributed by atoms with E-state index in [9.17, 15) is 9.90 Å². The Morgan fingerprint density at radius 2 is 2.00 bits per heavy atom. The van der Waals surface area contributed by atoms with Crippen LogP contribution >= 0.6 is 15.9 Å². The molecule has 1 N–H and O–H groups in total. The zero-order valence-electron chi connectivity index (χ0n) is 11.4. The van der Waals surface area contributed by atoms with E-state index in [4.69, 9.17) is 4.42 Å². The van der Waals surface area contributed by atoms with E-state index in [0.717, 1.165) is 5.39 Å². The van der Waals surface area contributed by atoms with E-state index >= 15 is 0 Å². The molecule has 0 bridgehead atoms. The van der Waals surface area contributed by atoms with E-state index < -0.39 is 0 Å². The van der Waals surface area contributed by atoms with Crippen molar-refractivity contribution in [1.29, 1.82) is 0 Å². The van der Waals surface area contributed by atoms with Crippen LogP contribution in [0.25, 0.3) is 11.0 Å². The number of aromatic hydroxyl groups is 1. The number of aryl methyl sites for hydroxylation is 1. The summed E-state index contributed by atoms with van der Waals surface area (Å²) in [7, 11) is 0. The Balaban J connectivity index is 2.18. The monoisotopic (exact) mass is 344 g/mol. The van der Waals surface area contributed by atoms with Gasteiger partial charge in [0.05, 0.1) is 10.0 Å². The van der Waals surface area contributed by atoms with Gasteiger partial charge in [-0.25, -0.2) is 0 Å². The van der Waals surface area contributed by atoms with Gasteiger partial charge in [0.25, 0.3) is 0 Å². The smallest absolute Gasteiger partial charge is 0.197 e. The van der Waals surface area contributed by atoms with Gasteiger partial charge in [-0.2, -0.15) is 0 Å². The first kappa shape index (κ1) is 13.9. The number of fused-ring (bicyclic) bond motifs is 1. The maximum absolute atomic E-state index is 12.8. The minimum atomic E-state index is -0.139. The topological polar surface area (TPSA) is 50.4 Å². The number of hydrogen-bond donors (Lipinski definition) is 1. The van der Waals surface area contributed by atoms with E-state index in [0.29, 0.717) is 33.4 Å². The number of furan rings is 1. The van der Waals surface area contributed by atoms with Gasteiger partial charge in [-0.3, -0.25) is 4.79 Å². The lowest BCUT2D eigenvalue weighted by Crippen LogP contribution is -2.03. The minimum absolute atomic E-state index is 0.0479. The van der Waals surface area contributed by atoms with Crippen LogP contribution in [0.15, 0.2) is 51.4 Å². The molecule has 3 aromatic rings. The highest BCUT2D eigenvalue weighted by Gasteiger charge is 2.21. The van der Waals surface area contributed by atoms with Crippen LogP contribution in [0.1, 0.15) is 28.6 Å². The summed E-state index contributed by atoms with van der Waals surface area (Å²) in [6.07, 6.45) is 0.637. The lowest BCUT2D eigenvalue weighted by Gasteiger charge is -2.03. The number of halogens is 1. The summed E-state index contributed by atoms with van der Waals surface area (Å²) in [5.41, 5.74) is 1.73. The molecule has 0 aliphatic heterocycles. The highest BCUT2D eigenvalue weighted by atomic mass is 79.9. The van der Waals surface area contributed by atoms with Gasteiger partial charge in [0.2, 0.25) is 0 Å². The SMILES string of the molecule is CCc1oc2ccccc2c1C(=O)c1ccc(Br)c(O)c1. The zero-order valence-corrected chi connectivity index (χ0v) is 13.0. The predicted octanol–water partition coefficient (Wildman–Crippen LogP) is 4.69. The van der Waals surface area contributed by atoms with Crippen molar-refractivity contribution in [3.05, 3.63) is 63.8 Å². The van der Waals surface area contributed by atoms with E-state index in [1.807, 2.05) is 31.2 Å². The van der Waals surface area contributed by atoms with Gasteiger partial charge in [0.1, 0.15) is 17.1 Å². The van der Waals surface area contributed by atoms with Gasteiger partial charge in [-0.05, 0) is 40.2 Å². The fraction of sp³-hybridized carbons (Fsp3) is 0.118. The lowest BCUT2D eigenvalue weighted by atomic mass is 9.99. The van der Waals surface area contributed by atoms with E-state index in [-0.39, 0.29) is 11.5 Å². The van der Waals surface area contributed by atoms with Crippen molar-refractivity contribution in [3.63, 3.8) is 0 Å². The first-order valence-corrected chi connectivity index (χ1v) is 7.44. The molecule has 0 aliphatic carbocycles. The lowest BCUT2D eigenvalue weighted by molar-refractivity contribution is 0.103. The van der Waals surface area contributed by atoms with Gasteiger partial charge in [0.15, 0.2) is 5.78 Å². The summed E-state index contributed by atoms with van der Waals surface area (Å²) < 4.78 is 6.31. The van der Waals surface area contributed by atoms with Crippen LogP contribution in [0.2, 0.25) is 0 Å². The second-order valence-electron chi connectivity index (χ2n) is 4.75. The average molecular weight is 345 g/mol. The molecule has 0 fully saturated rings. The number of rotatable bonds is 3. The van der Waals surface area contributed by atoms with Gasteiger partial charge in [0, 0.05) is 17.4 Å². The Morgan fingerprint density at radius 1 is 1.24 bits per heavy atom. The molecule has 106 valence electrons. The van der Waals surface area contributed by atoms with Crippen molar-refractivity contribution in [2.75, 3.05) is 0 Å². The summed E-state index contributed by atoms with van der Waals surface area (Å²) in [5, 5.41) is 10.6. The van der Waals surface area contributed by atoms with Crippen LogP contribution in [0, 0.1) is 0 Å². The molecular weight excluding hydrogens is 332 g/mol. The molecular formula is C17H13BrO3. The maximum Gasteiger partial charge on any atom is 0.197 e. The number of phenolic OH excluding ortho intramolecular Hbond substituents is 1. The highest BCUT2D eigenvalue weighted by molar-refractivity contribution is 9.10. The summed E-state index contributed by atoms with van der Waals surface area (Å²) in [6.45, 7) is 1.95. The Labute approximate surface area is 130 Å². The molecule has 0 atom stereocenters. The van der Waals surface area contributed by atoms with Crippen molar-refractivity contribution in [2.24, 2.45) is 0 Å². The van der Waals surface area contributed by atoms with Crippen molar-refractivity contribution < 1.29 is 14.3 Å². The molecule has 0 saturated carbocycles. The highest BCUT2D eigenvalue weighted by Crippen LogP contribution is 2.31. The van der Waals surface area contributed by atoms with E-state index in [2.05, 4.69) is 15.9 Å². The van der Waals surface area contributed by atoms with Crippen LogP contribution in [-0.2, 0) is 6.42 Å². The normalized spacial score (nSPS) is 11.0. The van der Waals surface area contributed by atoms with Gasteiger partial charge in [-0.1, -0.05) is 25.1 Å². The Hall–Kier alpha value is -2.07. The third-order valence-corrected chi connectivity index (χ3v) is 4.10. The van der Waals surface area contributed by atoms with Crippen molar-refractivity contribution in [1.82, 2.24) is 0 Å². The molecule has 3 rings (SSSR count). The van der Waals surface area contributed by atoms with E-state index in [1.54, 1.807) is 12.1 Å². The standard InChI is InChI=1S/C17H13BrO3/c1-2-14-16(11-5-3-4-6-15(11)21-14)17(20)10-7-8-12(18)13(19)9-10/h3-9,19H,2H2,1H3. The van der Waals surface area contributed by atoms with Crippen LogP contribution in [0.4, 0.5) is 0 Å². The number of ketones is 1. The number of phenols is 1. The van der Waals surface area contributed by atoms with Crippen LogP contribution in [-0.4, -0.2) is 10.9 Å². The summed E-state index contributed by atoms with van der Waals surface area (Å²) in [4.78, 5) is 12.8. The molecule has 0 unspecified atom stereocenters. The molecule has 4 heteroatoms. The molecule has 1 aromatic heterocycles.